The topological polar surface area (TPSA) is 86.5 Å². The summed E-state index contributed by atoms with van der Waals surface area (Å²) in [6.07, 6.45) is -0.157. The van der Waals surface area contributed by atoms with Crippen LogP contribution in [-0.2, 0) is 22.4 Å². The number of aromatic nitrogens is 3. The summed E-state index contributed by atoms with van der Waals surface area (Å²) in [4.78, 5) is 20.8. The number of pyridine rings is 1. The van der Waals surface area contributed by atoms with E-state index in [2.05, 4.69) is 9.97 Å². The van der Waals surface area contributed by atoms with Crippen LogP contribution in [-0.4, -0.2) is 44.9 Å². The highest BCUT2D eigenvalue weighted by Crippen LogP contribution is 2.29. The lowest BCUT2D eigenvalue weighted by molar-refractivity contribution is 0.00649. The Hall–Kier alpha value is -3.92. The number of carbonyl (C=O) groups excluding carboxylic acids is 1. The number of rotatable bonds is 7. The van der Waals surface area contributed by atoms with Gasteiger partial charge in [-0.15, -0.1) is 0 Å². The Labute approximate surface area is 211 Å². The number of aromatic hydroxyl groups is 1. The molecule has 37 heavy (non-hydrogen) atoms. The number of methoxy groups -OCH3 is 1. The number of imidazole rings is 1. The highest BCUT2D eigenvalue weighted by Gasteiger charge is 2.25. The van der Waals surface area contributed by atoms with E-state index in [0.717, 1.165) is 12.1 Å². The fraction of sp³-hybridized carbons (Fsp3) is 0.296. The van der Waals surface area contributed by atoms with E-state index >= 15 is 8.78 Å². The van der Waals surface area contributed by atoms with Gasteiger partial charge in [-0.1, -0.05) is 6.07 Å². The van der Waals surface area contributed by atoms with Gasteiger partial charge in [0.05, 0.1) is 23.4 Å². The number of hydrogen-bond acceptors (Lipinski definition) is 6. The molecule has 0 bridgehead atoms. The molecule has 0 aliphatic heterocycles. The molecule has 0 spiro atoms. The van der Waals surface area contributed by atoms with E-state index in [0.29, 0.717) is 0 Å². The maximum atomic E-state index is 15.6. The number of halogens is 3. The third kappa shape index (κ3) is 5.59. The Kier molecular flexibility index (Phi) is 7.22. The second-order valence-corrected chi connectivity index (χ2v) is 9.45. The van der Waals surface area contributed by atoms with Crippen LogP contribution in [0.4, 0.5) is 13.2 Å². The van der Waals surface area contributed by atoms with Crippen LogP contribution in [0.1, 0.15) is 42.5 Å². The van der Waals surface area contributed by atoms with Gasteiger partial charge in [0.15, 0.2) is 5.82 Å². The molecular weight excluding hydrogens is 487 g/mol. The highest BCUT2D eigenvalue weighted by molar-refractivity contribution is 5.94. The third-order valence-electron chi connectivity index (χ3n) is 5.56. The molecule has 4 rings (SSSR count). The standard InChI is InChI=1S/C27H26F3N3O4/c1-27(2,3)37-26(35)16-8-9-21-25(24(16)30)33(10-11-36-4)22(31-21)13-15-12-19(29)17(14-18(15)28)20-6-5-7-23(34)32-20/h5-9,12,14H,10-11,13H2,1-4H3,(H,32,34). The van der Waals surface area contributed by atoms with Crippen molar-refractivity contribution in [2.45, 2.75) is 39.3 Å². The van der Waals surface area contributed by atoms with E-state index in [1.165, 1.54) is 42.0 Å². The minimum Gasteiger partial charge on any atom is -0.493 e. The molecule has 194 valence electrons. The van der Waals surface area contributed by atoms with Crippen LogP contribution in [0.2, 0.25) is 0 Å². The van der Waals surface area contributed by atoms with Crippen LogP contribution in [0.25, 0.3) is 22.3 Å². The maximum Gasteiger partial charge on any atom is 0.341 e. The zero-order valence-corrected chi connectivity index (χ0v) is 20.8. The summed E-state index contributed by atoms with van der Waals surface area (Å²) < 4.78 is 57.6. The third-order valence-corrected chi connectivity index (χ3v) is 5.56. The lowest BCUT2D eigenvalue weighted by Gasteiger charge is -2.19. The number of fused-ring (bicyclic) bond motifs is 1. The lowest BCUT2D eigenvalue weighted by atomic mass is 10.0. The van der Waals surface area contributed by atoms with Gasteiger partial charge in [0, 0.05) is 31.7 Å². The first-order valence-corrected chi connectivity index (χ1v) is 11.5. The number of hydrogen-bond donors (Lipinski definition) is 1. The number of nitrogens with zero attached hydrogens (tertiary/aromatic N) is 3. The normalized spacial score (nSPS) is 11.8. The van der Waals surface area contributed by atoms with E-state index in [-0.39, 0.29) is 64.7 Å². The van der Waals surface area contributed by atoms with Crippen LogP contribution >= 0.6 is 0 Å². The average Bonchev–Trinajstić information content (AvgIpc) is 3.16. The van der Waals surface area contributed by atoms with Crippen molar-refractivity contribution in [1.82, 2.24) is 14.5 Å². The molecule has 2 aromatic heterocycles. The molecule has 2 aromatic carbocycles. The fourth-order valence-electron chi connectivity index (χ4n) is 3.94. The van der Waals surface area contributed by atoms with E-state index < -0.39 is 29.0 Å². The largest absolute Gasteiger partial charge is 0.493 e. The molecule has 0 radical (unpaired) electrons. The summed E-state index contributed by atoms with van der Waals surface area (Å²) in [6.45, 7) is 5.38. The van der Waals surface area contributed by atoms with E-state index in [1.54, 1.807) is 20.8 Å². The second kappa shape index (κ2) is 10.2. The van der Waals surface area contributed by atoms with Crippen LogP contribution < -0.4 is 0 Å². The molecular formula is C27H26F3N3O4. The molecule has 0 amide bonds. The number of esters is 1. The number of benzene rings is 2. The maximum absolute atomic E-state index is 15.6. The van der Waals surface area contributed by atoms with Crippen molar-refractivity contribution in [3.05, 3.63) is 76.9 Å². The average molecular weight is 514 g/mol. The molecule has 0 unspecified atom stereocenters. The molecule has 2 heterocycles. The molecule has 1 N–H and O–H groups in total. The molecule has 4 aromatic rings. The molecule has 0 fully saturated rings. The first kappa shape index (κ1) is 26.2. The van der Waals surface area contributed by atoms with Crippen molar-refractivity contribution < 1.29 is 32.5 Å². The van der Waals surface area contributed by atoms with Crippen molar-refractivity contribution in [3.8, 4) is 17.1 Å². The van der Waals surface area contributed by atoms with Crippen molar-refractivity contribution in [2.75, 3.05) is 13.7 Å². The smallest absolute Gasteiger partial charge is 0.341 e. The quantitative estimate of drug-likeness (QED) is 0.333. The Balaban J connectivity index is 1.77. The van der Waals surface area contributed by atoms with Gasteiger partial charge in [-0.2, -0.15) is 0 Å². The van der Waals surface area contributed by atoms with Crippen molar-refractivity contribution in [1.29, 1.82) is 0 Å². The van der Waals surface area contributed by atoms with Crippen LogP contribution in [0.15, 0.2) is 42.5 Å². The first-order chi connectivity index (χ1) is 17.5. The van der Waals surface area contributed by atoms with Gasteiger partial charge < -0.3 is 19.1 Å². The fourth-order valence-corrected chi connectivity index (χ4v) is 3.94. The summed E-state index contributed by atoms with van der Waals surface area (Å²) in [5.74, 6) is -3.17. The summed E-state index contributed by atoms with van der Waals surface area (Å²) in [5.41, 5.74) is -0.836. The SMILES string of the molecule is COCCn1c(Cc2cc(F)c(-c3cccc(O)n3)cc2F)nc2ccc(C(=O)OC(C)(C)C)c(F)c21. The minimum absolute atomic E-state index is 0.0110. The Morgan fingerprint density at radius 1 is 1.05 bits per heavy atom. The van der Waals surface area contributed by atoms with Gasteiger partial charge >= 0.3 is 5.97 Å². The zero-order valence-electron chi connectivity index (χ0n) is 20.8. The number of carbonyl (C=O) groups is 1. The summed E-state index contributed by atoms with van der Waals surface area (Å²) in [6, 6.07) is 9.05. The van der Waals surface area contributed by atoms with Gasteiger partial charge in [0.2, 0.25) is 5.88 Å². The van der Waals surface area contributed by atoms with Crippen LogP contribution in [0, 0.1) is 17.5 Å². The van der Waals surface area contributed by atoms with Gasteiger partial charge in [-0.25, -0.2) is 27.9 Å². The Morgan fingerprint density at radius 3 is 2.49 bits per heavy atom. The van der Waals surface area contributed by atoms with E-state index in [1.807, 2.05) is 0 Å². The van der Waals surface area contributed by atoms with Crippen molar-refractivity contribution in [2.24, 2.45) is 0 Å². The Morgan fingerprint density at radius 2 is 1.81 bits per heavy atom. The molecule has 0 saturated carbocycles. The van der Waals surface area contributed by atoms with Crippen LogP contribution in [0.5, 0.6) is 5.88 Å². The Bertz CT molecular complexity index is 1480. The molecule has 0 aliphatic carbocycles. The minimum atomic E-state index is -0.822. The predicted molar refractivity (Wildman–Crippen MR) is 131 cm³/mol. The number of ether oxygens (including phenoxy) is 2. The molecule has 0 saturated heterocycles. The summed E-state index contributed by atoms with van der Waals surface area (Å²) >= 11 is 0. The summed E-state index contributed by atoms with van der Waals surface area (Å²) in [7, 11) is 1.48. The van der Waals surface area contributed by atoms with Gasteiger partial charge in [-0.3, -0.25) is 0 Å². The highest BCUT2D eigenvalue weighted by atomic mass is 19.1. The predicted octanol–water partition coefficient (Wildman–Crippen LogP) is 5.41. The van der Waals surface area contributed by atoms with Gasteiger partial charge in [0.1, 0.15) is 28.6 Å². The van der Waals surface area contributed by atoms with Gasteiger partial charge in [0.25, 0.3) is 0 Å². The summed E-state index contributed by atoms with van der Waals surface area (Å²) in [5, 5.41) is 9.58. The van der Waals surface area contributed by atoms with Crippen LogP contribution in [0.3, 0.4) is 0 Å². The van der Waals surface area contributed by atoms with Crippen molar-refractivity contribution >= 4 is 17.0 Å². The second-order valence-electron chi connectivity index (χ2n) is 9.45. The molecule has 0 aliphatic rings. The van der Waals surface area contributed by atoms with Gasteiger partial charge in [-0.05, 0) is 56.7 Å². The lowest BCUT2D eigenvalue weighted by Crippen LogP contribution is -2.24. The van der Waals surface area contributed by atoms with E-state index in [4.69, 9.17) is 9.47 Å². The molecule has 10 heteroatoms. The first-order valence-electron chi connectivity index (χ1n) is 11.5. The van der Waals surface area contributed by atoms with E-state index in [9.17, 15) is 14.3 Å². The zero-order chi connectivity index (χ0) is 26.9. The molecule has 7 nitrogen and oxygen atoms in total. The molecule has 0 atom stereocenters. The van der Waals surface area contributed by atoms with Crippen molar-refractivity contribution in [3.63, 3.8) is 0 Å². The monoisotopic (exact) mass is 513 g/mol.